The molecule has 1 amide bonds. The van der Waals surface area contributed by atoms with Gasteiger partial charge < -0.3 is 10.4 Å². The lowest BCUT2D eigenvalue weighted by molar-refractivity contribution is -0.134. The first-order valence-corrected chi connectivity index (χ1v) is 7.02. The summed E-state index contributed by atoms with van der Waals surface area (Å²) in [6.07, 6.45) is 1.25. The normalized spacial score (nSPS) is 29.8. The molecule has 17 heavy (non-hydrogen) atoms. The van der Waals surface area contributed by atoms with Crippen LogP contribution in [0.25, 0.3) is 0 Å². The highest BCUT2D eigenvalue weighted by Crippen LogP contribution is 2.29. The average molecular weight is 262 g/mol. The zero-order chi connectivity index (χ0) is 12.6. The lowest BCUT2D eigenvalue weighted by Crippen LogP contribution is -2.50. The van der Waals surface area contributed by atoms with Crippen molar-refractivity contribution in [1.82, 2.24) is 9.62 Å². The smallest absolute Gasteiger partial charge is 0.320 e. The fraction of sp³-hybridized carbons (Fsp3) is 0.778. The summed E-state index contributed by atoms with van der Waals surface area (Å²) in [6.45, 7) is 0.577. The molecular formula is C9H14N2O5S. The van der Waals surface area contributed by atoms with Gasteiger partial charge in [-0.3, -0.25) is 9.59 Å². The molecular weight excluding hydrogens is 248 g/mol. The van der Waals surface area contributed by atoms with E-state index in [1.165, 1.54) is 4.31 Å². The molecule has 0 spiro atoms. The number of carbonyl (C=O) groups excluding carboxylic acids is 1. The van der Waals surface area contributed by atoms with E-state index in [1.54, 1.807) is 0 Å². The number of fused-ring (bicyclic) bond motifs is 1. The number of nitrogens with zero attached hydrogens (tertiary/aromatic N) is 1. The Morgan fingerprint density at radius 1 is 1.53 bits per heavy atom. The van der Waals surface area contributed by atoms with Crippen molar-refractivity contribution in [2.75, 3.05) is 18.8 Å². The van der Waals surface area contributed by atoms with Crippen LogP contribution < -0.4 is 5.32 Å². The number of carboxylic acids is 1. The van der Waals surface area contributed by atoms with Gasteiger partial charge in [0.25, 0.3) is 0 Å². The van der Waals surface area contributed by atoms with Gasteiger partial charge in [-0.2, -0.15) is 4.31 Å². The van der Waals surface area contributed by atoms with E-state index in [0.717, 1.165) is 0 Å². The Hall–Kier alpha value is -1.15. The van der Waals surface area contributed by atoms with E-state index in [0.29, 0.717) is 19.4 Å². The predicted octanol–water partition coefficient (Wildman–Crippen LogP) is -1.39. The first-order valence-electron chi connectivity index (χ1n) is 5.41. The van der Waals surface area contributed by atoms with Gasteiger partial charge >= 0.3 is 5.97 Å². The fourth-order valence-electron chi connectivity index (χ4n) is 2.50. The molecule has 96 valence electrons. The number of carboxylic acid groups (broad SMARTS) is 1. The standard InChI is InChI=1S/C9H14N2O5S/c12-8(13)5-17(15,16)11-3-1-2-6-7(11)4-10-9(6)14/h6-7H,1-5H2,(H,10,14)(H,12,13). The molecule has 2 atom stereocenters. The number of amides is 1. The summed E-state index contributed by atoms with van der Waals surface area (Å²) in [6, 6.07) is -0.416. The number of nitrogens with one attached hydrogen (secondary N) is 1. The Bertz CT molecular complexity index is 446. The SMILES string of the molecule is O=C(O)CS(=O)(=O)N1CCCC2C(=O)NCC21. The van der Waals surface area contributed by atoms with Gasteiger partial charge in [0.2, 0.25) is 15.9 Å². The largest absolute Gasteiger partial charge is 0.480 e. The molecule has 7 nitrogen and oxygen atoms in total. The van der Waals surface area contributed by atoms with Crippen molar-refractivity contribution in [1.29, 1.82) is 0 Å². The Morgan fingerprint density at radius 3 is 2.88 bits per heavy atom. The highest BCUT2D eigenvalue weighted by molar-refractivity contribution is 7.89. The number of piperidine rings is 1. The maximum absolute atomic E-state index is 11.9. The molecule has 0 aromatic carbocycles. The van der Waals surface area contributed by atoms with Crippen LogP contribution in [0.15, 0.2) is 0 Å². The summed E-state index contributed by atoms with van der Waals surface area (Å²) in [5.41, 5.74) is 0. The van der Waals surface area contributed by atoms with E-state index < -0.39 is 27.8 Å². The fourth-order valence-corrected chi connectivity index (χ4v) is 4.02. The second kappa shape index (κ2) is 4.26. The van der Waals surface area contributed by atoms with Crippen LogP contribution in [-0.2, 0) is 19.6 Å². The Kier molecular flexibility index (Phi) is 3.09. The van der Waals surface area contributed by atoms with Crippen molar-refractivity contribution >= 4 is 21.9 Å². The minimum atomic E-state index is -3.82. The van der Waals surface area contributed by atoms with Crippen molar-refractivity contribution in [2.24, 2.45) is 5.92 Å². The molecule has 0 bridgehead atoms. The van der Waals surface area contributed by atoms with Gasteiger partial charge in [0.05, 0.1) is 12.0 Å². The van der Waals surface area contributed by atoms with Gasteiger partial charge in [0, 0.05) is 13.1 Å². The molecule has 2 rings (SSSR count). The van der Waals surface area contributed by atoms with Crippen LogP contribution in [-0.4, -0.2) is 54.6 Å². The maximum Gasteiger partial charge on any atom is 0.320 e. The Morgan fingerprint density at radius 2 is 2.24 bits per heavy atom. The molecule has 2 aliphatic rings. The van der Waals surface area contributed by atoms with Crippen LogP contribution in [0.5, 0.6) is 0 Å². The number of sulfonamides is 1. The molecule has 0 aromatic heterocycles. The molecule has 8 heteroatoms. The van der Waals surface area contributed by atoms with Gasteiger partial charge in [0.1, 0.15) is 0 Å². The summed E-state index contributed by atoms with van der Waals surface area (Å²) in [4.78, 5) is 22.0. The van der Waals surface area contributed by atoms with E-state index in [9.17, 15) is 18.0 Å². The third-order valence-corrected chi connectivity index (χ3v) is 4.99. The van der Waals surface area contributed by atoms with Crippen molar-refractivity contribution < 1.29 is 23.1 Å². The van der Waals surface area contributed by atoms with Gasteiger partial charge in [-0.25, -0.2) is 8.42 Å². The zero-order valence-electron chi connectivity index (χ0n) is 9.13. The van der Waals surface area contributed by atoms with E-state index >= 15 is 0 Å². The first kappa shape index (κ1) is 12.3. The minimum Gasteiger partial charge on any atom is -0.480 e. The second-order valence-corrected chi connectivity index (χ2v) is 6.24. The van der Waals surface area contributed by atoms with E-state index in [-0.39, 0.29) is 18.4 Å². The highest BCUT2D eigenvalue weighted by Gasteiger charge is 2.45. The van der Waals surface area contributed by atoms with Crippen LogP contribution in [0.3, 0.4) is 0 Å². The summed E-state index contributed by atoms with van der Waals surface area (Å²) in [5.74, 6) is -2.74. The third kappa shape index (κ3) is 2.27. The zero-order valence-corrected chi connectivity index (χ0v) is 9.94. The Labute approximate surface area is 98.8 Å². The van der Waals surface area contributed by atoms with E-state index in [2.05, 4.69) is 5.32 Å². The molecule has 0 radical (unpaired) electrons. The Balaban J connectivity index is 2.21. The summed E-state index contributed by atoms with van der Waals surface area (Å²) in [7, 11) is -3.82. The van der Waals surface area contributed by atoms with Crippen molar-refractivity contribution in [2.45, 2.75) is 18.9 Å². The number of carbonyl (C=O) groups is 2. The van der Waals surface area contributed by atoms with E-state index in [1.807, 2.05) is 0 Å². The molecule has 2 fully saturated rings. The second-order valence-electron chi connectivity index (χ2n) is 4.32. The number of hydrogen-bond acceptors (Lipinski definition) is 4. The summed E-state index contributed by atoms with van der Waals surface area (Å²) < 4.78 is 24.9. The van der Waals surface area contributed by atoms with Crippen molar-refractivity contribution in [3.8, 4) is 0 Å². The maximum atomic E-state index is 11.9. The van der Waals surface area contributed by atoms with Crippen LogP contribution in [0.2, 0.25) is 0 Å². The molecule has 0 saturated carbocycles. The topological polar surface area (TPSA) is 104 Å². The average Bonchev–Trinajstić information content (AvgIpc) is 2.58. The van der Waals surface area contributed by atoms with Gasteiger partial charge in [-0.15, -0.1) is 0 Å². The van der Waals surface area contributed by atoms with Crippen molar-refractivity contribution in [3.63, 3.8) is 0 Å². The quantitative estimate of drug-likeness (QED) is 0.652. The highest BCUT2D eigenvalue weighted by atomic mass is 32.2. The van der Waals surface area contributed by atoms with Gasteiger partial charge in [-0.05, 0) is 12.8 Å². The predicted molar refractivity (Wildman–Crippen MR) is 57.7 cm³/mol. The minimum absolute atomic E-state index is 0.134. The molecule has 2 heterocycles. The van der Waals surface area contributed by atoms with E-state index in [4.69, 9.17) is 5.11 Å². The summed E-state index contributed by atoms with van der Waals surface area (Å²) >= 11 is 0. The van der Waals surface area contributed by atoms with Crippen LogP contribution in [0, 0.1) is 5.92 Å². The lowest BCUT2D eigenvalue weighted by atomic mass is 9.93. The molecule has 0 aliphatic carbocycles. The number of hydrogen-bond donors (Lipinski definition) is 2. The molecule has 2 aliphatic heterocycles. The molecule has 2 unspecified atom stereocenters. The third-order valence-electron chi connectivity index (χ3n) is 3.21. The molecule has 2 N–H and O–H groups in total. The van der Waals surface area contributed by atoms with Gasteiger partial charge in [0.15, 0.2) is 5.75 Å². The molecule has 2 saturated heterocycles. The number of rotatable bonds is 3. The number of aliphatic carboxylic acids is 1. The van der Waals surface area contributed by atoms with Crippen molar-refractivity contribution in [3.05, 3.63) is 0 Å². The molecule has 0 aromatic rings. The van der Waals surface area contributed by atoms with Crippen LogP contribution >= 0.6 is 0 Å². The van der Waals surface area contributed by atoms with Crippen LogP contribution in [0.4, 0.5) is 0 Å². The van der Waals surface area contributed by atoms with Crippen LogP contribution in [0.1, 0.15) is 12.8 Å². The first-order chi connectivity index (χ1) is 7.92. The lowest BCUT2D eigenvalue weighted by Gasteiger charge is -2.34. The van der Waals surface area contributed by atoms with Gasteiger partial charge in [-0.1, -0.05) is 0 Å². The summed E-state index contributed by atoms with van der Waals surface area (Å²) in [5, 5.41) is 11.2. The monoisotopic (exact) mass is 262 g/mol.